The van der Waals surface area contributed by atoms with Crippen molar-refractivity contribution in [3.05, 3.63) is 28.8 Å². The Morgan fingerprint density at radius 3 is 2.56 bits per heavy atom. The van der Waals surface area contributed by atoms with Gasteiger partial charge in [0, 0.05) is 16.7 Å². The molecule has 0 saturated heterocycles. The van der Waals surface area contributed by atoms with E-state index in [4.69, 9.17) is 17.3 Å². The molecule has 90 valence electrons. The van der Waals surface area contributed by atoms with Crippen LogP contribution in [0.25, 0.3) is 0 Å². The summed E-state index contributed by atoms with van der Waals surface area (Å²) in [4.78, 5) is 1.16. The molecule has 0 amide bonds. The molecule has 3 heteroatoms. The Morgan fingerprint density at radius 1 is 1.38 bits per heavy atom. The normalized spacial score (nSPS) is 14.8. The van der Waals surface area contributed by atoms with Gasteiger partial charge in [0.25, 0.3) is 0 Å². The molecule has 0 saturated carbocycles. The second-order valence-corrected chi connectivity index (χ2v) is 5.77. The summed E-state index contributed by atoms with van der Waals surface area (Å²) in [7, 11) is 0. The zero-order chi connectivity index (χ0) is 12.1. The van der Waals surface area contributed by atoms with Crippen LogP contribution in [0.1, 0.15) is 38.8 Å². The average molecular weight is 258 g/mol. The molecule has 0 aliphatic rings. The van der Waals surface area contributed by atoms with Gasteiger partial charge in [0.15, 0.2) is 0 Å². The summed E-state index contributed by atoms with van der Waals surface area (Å²) in [5.41, 5.74) is 6.91. The maximum absolute atomic E-state index is 6.22. The van der Waals surface area contributed by atoms with Crippen LogP contribution in [0.3, 0.4) is 0 Å². The molecule has 0 spiro atoms. The Bertz CT molecular complexity index is 339. The van der Waals surface area contributed by atoms with Crippen molar-refractivity contribution in [1.29, 1.82) is 0 Å². The standard InChI is InChI=1S/C13H20ClNS/c1-4-9(2)8-16-13-6-5-11(10(3)15)7-12(13)14/h5-7,9-10H,4,8,15H2,1-3H3. The highest BCUT2D eigenvalue weighted by atomic mass is 35.5. The quantitative estimate of drug-likeness (QED) is 0.786. The minimum atomic E-state index is 0.0473. The fourth-order valence-corrected chi connectivity index (χ4v) is 2.68. The highest BCUT2D eigenvalue weighted by Gasteiger charge is 2.07. The van der Waals surface area contributed by atoms with Gasteiger partial charge in [-0.15, -0.1) is 11.8 Å². The van der Waals surface area contributed by atoms with Gasteiger partial charge in [-0.3, -0.25) is 0 Å². The van der Waals surface area contributed by atoms with E-state index in [9.17, 15) is 0 Å². The molecule has 2 atom stereocenters. The number of nitrogens with two attached hydrogens (primary N) is 1. The molecular formula is C13H20ClNS. The predicted molar refractivity (Wildman–Crippen MR) is 74.2 cm³/mol. The van der Waals surface area contributed by atoms with E-state index in [1.54, 1.807) is 0 Å². The number of halogens is 1. The van der Waals surface area contributed by atoms with E-state index in [2.05, 4.69) is 26.0 Å². The molecule has 1 aromatic rings. The molecule has 2 N–H and O–H groups in total. The lowest BCUT2D eigenvalue weighted by molar-refractivity contribution is 0.637. The molecule has 0 heterocycles. The van der Waals surface area contributed by atoms with Gasteiger partial charge in [0.2, 0.25) is 0 Å². The number of rotatable bonds is 5. The van der Waals surface area contributed by atoms with Gasteiger partial charge in [0.1, 0.15) is 0 Å². The molecule has 2 unspecified atom stereocenters. The Balaban J connectivity index is 2.68. The Hall–Kier alpha value is -0.180. The molecule has 0 aliphatic carbocycles. The Kier molecular flexibility index (Phi) is 5.67. The van der Waals surface area contributed by atoms with E-state index >= 15 is 0 Å². The fraction of sp³-hybridized carbons (Fsp3) is 0.538. The van der Waals surface area contributed by atoms with Crippen LogP contribution in [0.5, 0.6) is 0 Å². The van der Waals surface area contributed by atoms with Gasteiger partial charge < -0.3 is 5.73 Å². The zero-order valence-electron chi connectivity index (χ0n) is 10.2. The monoisotopic (exact) mass is 257 g/mol. The van der Waals surface area contributed by atoms with E-state index in [1.165, 1.54) is 6.42 Å². The van der Waals surface area contributed by atoms with E-state index in [0.29, 0.717) is 0 Å². The summed E-state index contributed by atoms with van der Waals surface area (Å²) in [5.74, 6) is 1.85. The number of benzene rings is 1. The van der Waals surface area contributed by atoms with Crippen molar-refractivity contribution in [2.75, 3.05) is 5.75 Å². The third-order valence-electron chi connectivity index (χ3n) is 2.70. The van der Waals surface area contributed by atoms with Gasteiger partial charge in [-0.1, -0.05) is 37.9 Å². The molecule has 0 aliphatic heterocycles. The van der Waals surface area contributed by atoms with Crippen molar-refractivity contribution in [2.45, 2.75) is 38.1 Å². The summed E-state index contributed by atoms with van der Waals surface area (Å²) in [6.07, 6.45) is 1.21. The smallest absolute Gasteiger partial charge is 0.0545 e. The molecule has 1 aromatic carbocycles. The molecule has 1 nitrogen and oxygen atoms in total. The van der Waals surface area contributed by atoms with E-state index in [0.717, 1.165) is 27.2 Å². The van der Waals surface area contributed by atoms with Crippen LogP contribution in [-0.2, 0) is 0 Å². The predicted octanol–water partition coefficient (Wildman–Crippen LogP) is 4.50. The topological polar surface area (TPSA) is 26.0 Å². The van der Waals surface area contributed by atoms with Crippen molar-refractivity contribution in [2.24, 2.45) is 11.7 Å². The van der Waals surface area contributed by atoms with Crippen molar-refractivity contribution in [3.63, 3.8) is 0 Å². The van der Waals surface area contributed by atoms with Crippen LogP contribution < -0.4 is 5.73 Å². The minimum absolute atomic E-state index is 0.0473. The largest absolute Gasteiger partial charge is 0.324 e. The van der Waals surface area contributed by atoms with Gasteiger partial charge in [-0.2, -0.15) is 0 Å². The second kappa shape index (κ2) is 6.53. The van der Waals surface area contributed by atoms with Crippen molar-refractivity contribution >= 4 is 23.4 Å². The first-order valence-corrected chi connectivity index (χ1v) is 7.08. The lowest BCUT2D eigenvalue weighted by Crippen LogP contribution is -2.04. The Morgan fingerprint density at radius 2 is 2.06 bits per heavy atom. The maximum Gasteiger partial charge on any atom is 0.0545 e. The summed E-state index contributed by atoms with van der Waals surface area (Å²) >= 11 is 8.05. The molecule has 0 radical (unpaired) electrons. The van der Waals surface area contributed by atoms with Crippen LogP contribution in [-0.4, -0.2) is 5.75 Å². The lowest BCUT2D eigenvalue weighted by Gasteiger charge is -2.11. The molecular weight excluding hydrogens is 238 g/mol. The van der Waals surface area contributed by atoms with Gasteiger partial charge in [-0.25, -0.2) is 0 Å². The van der Waals surface area contributed by atoms with Gasteiger partial charge >= 0.3 is 0 Å². The number of thioether (sulfide) groups is 1. The van der Waals surface area contributed by atoms with Crippen LogP contribution in [0.2, 0.25) is 5.02 Å². The van der Waals surface area contributed by atoms with Crippen molar-refractivity contribution < 1.29 is 0 Å². The third kappa shape index (κ3) is 4.00. The summed E-state index contributed by atoms with van der Waals surface area (Å²) in [5, 5.41) is 0.822. The molecule has 0 fully saturated rings. The van der Waals surface area contributed by atoms with Gasteiger partial charge in [-0.05, 0) is 30.5 Å². The number of hydrogen-bond acceptors (Lipinski definition) is 2. The van der Waals surface area contributed by atoms with Crippen LogP contribution in [0, 0.1) is 5.92 Å². The SMILES string of the molecule is CCC(C)CSc1ccc(C(C)N)cc1Cl. The van der Waals surface area contributed by atoms with Crippen molar-refractivity contribution in [3.8, 4) is 0 Å². The summed E-state index contributed by atoms with van der Waals surface area (Å²) in [6.45, 7) is 6.45. The van der Waals surface area contributed by atoms with Crippen molar-refractivity contribution in [1.82, 2.24) is 0 Å². The average Bonchev–Trinajstić information content (AvgIpc) is 2.26. The van der Waals surface area contributed by atoms with E-state index in [-0.39, 0.29) is 6.04 Å². The first-order chi connectivity index (χ1) is 7.54. The van der Waals surface area contributed by atoms with Crippen LogP contribution in [0.15, 0.2) is 23.1 Å². The summed E-state index contributed by atoms with van der Waals surface area (Å²) < 4.78 is 0. The summed E-state index contributed by atoms with van der Waals surface area (Å²) in [6, 6.07) is 6.17. The molecule has 16 heavy (non-hydrogen) atoms. The zero-order valence-corrected chi connectivity index (χ0v) is 11.7. The third-order valence-corrected chi connectivity index (χ3v) is 4.53. The minimum Gasteiger partial charge on any atom is -0.324 e. The number of hydrogen-bond donors (Lipinski definition) is 1. The van der Waals surface area contributed by atoms with Gasteiger partial charge in [0.05, 0.1) is 5.02 Å². The molecule has 0 bridgehead atoms. The molecule has 0 aromatic heterocycles. The molecule has 1 rings (SSSR count). The van der Waals surface area contributed by atoms with Crippen LogP contribution in [0.4, 0.5) is 0 Å². The van der Waals surface area contributed by atoms with E-state index < -0.39 is 0 Å². The van der Waals surface area contributed by atoms with E-state index in [1.807, 2.05) is 24.8 Å². The highest BCUT2D eigenvalue weighted by molar-refractivity contribution is 7.99. The lowest BCUT2D eigenvalue weighted by atomic mass is 10.1. The maximum atomic E-state index is 6.22. The fourth-order valence-electron chi connectivity index (χ4n) is 1.27. The Labute approximate surface area is 108 Å². The first kappa shape index (κ1) is 13.9. The first-order valence-electron chi connectivity index (χ1n) is 5.72. The second-order valence-electron chi connectivity index (χ2n) is 4.30. The van der Waals surface area contributed by atoms with Crippen LogP contribution >= 0.6 is 23.4 Å². The highest BCUT2D eigenvalue weighted by Crippen LogP contribution is 2.30.